The summed E-state index contributed by atoms with van der Waals surface area (Å²) in [5, 5.41) is 14.9. The van der Waals surface area contributed by atoms with E-state index in [-0.39, 0.29) is 17.9 Å². The van der Waals surface area contributed by atoms with E-state index in [1.807, 2.05) is 5.38 Å². The van der Waals surface area contributed by atoms with Crippen molar-refractivity contribution in [2.45, 2.75) is 26.2 Å². The fraction of sp³-hybridized carbons (Fsp3) is 0.312. The van der Waals surface area contributed by atoms with Gasteiger partial charge in [0.15, 0.2) is 0 Å². The van der Waals surface area contributed by atoms with Crippen molar-refractivity contribution < 1.29 is 14.7 Å². The molecular formula is C16H18N2O3S. The molecule has 2 rings (SSSR count). The number of amides is 1. The summed E-state index contributed by atoms with van der Waals surface area (Å²) in [6, 6.07) is 6.43. The van der Waals surface area contributed by atoms with Gasteiger partial charge < -0.3 is 10.4 Å². The standard InChI is InChI=1S/C16H18N2O3S/c1-2-15-18-13(10-22-15)6-7-17-14(19)9-11-4-3-5-12(8-11)16(20)21/h3-5,8,10H,2,6-7,9H2,1H3,(H,17,19)(H,20,21). The van der Waals surface area contributed by atoms with Crippen LogP contribution in [-0.2, 0) is 24.1 Å². The molecule has 1 aromatic carbocycles. The maximum Gasteiger partial charge on any atom is 0.335 e. The Kier molecular flexibility index (Phi) is 5.66. The lowest BCUT2D eigenvalue weighted by molar-refractivity contribution is -0.120. The van der Waals surface area contributed by atoms with Crippen LogP contribution in [0.25, 0.3) is 0 Å². The second-order valence-electron chi connectivity index (χ2n) is 4.87. The van der Waals surface area contributed by atoms with E-state index in [0.29, 0.717) is 18.5 Å². The zero-order valence-corrected chi connectivity index (χ0v) is 13.2. The predicted octanol–water partition coefficient (Wildman–Crippen LogP) is 2.31. The predicted molar refractivity (Wildman–Crippen MR) is 85.3 cm³/mol. The number of thiazole rings is 1. The summed E-state index contributed by atoms with van der Waals surface area (Å²) in [6.45, 7) is 2.60. The van der Waals surface area contributed by atoms with Crippen LogP contribution in [0.1, 0.15) is 33.5 Å². The monoisotopic (exact) mass is 318 g/mol. The van der Waals surface area contributed by atoms with Crippen molar-refractivity contribution in [1.29, 1.82) is 0 Å². The zero-order valence-electron chi connectivity index (χ0n) is 12.3. The summed E-state index contributed by atoms with van der Waals surface area (Å²) >= 11 is 1.64. The van der Waals surface area contributed by atoms with E-state index in [1.165, 1.54) is 12.1 Å². The molecule has 0 unspecified atom stereocenters. The van der Waals surface area contributed by atoms with Gasteiger partial charge in [-0.1, -0.05) is 19.1 Å². The van der Waals surface area contributed by atoms with Gasteiger partial charge in [-0.05, 0) is 24.1 Å². The SMILES string of the molecule is CCc1nc(CCNC(=O)Cc2cccc(C(=O)O)c2)cs1. The number of carboxylic acids is 1. The summed E-state index contributed by atoms with van der Waals surface area (Å²) < 4.78 is 0. The van der Waals surface area contributed by atoms with Crippen molar-refractivity contribution in [3.8, 4) is 0 Å². The second kappa shape index (κ2) is 7.70. The molecule has 1 amide bonds. The first-order valence-corrected chi connectivity index (χ1v) is 7.98. The number of aryl methyl sites for hydroxylation is 1. The first kappa shape index (κ1) is 16.2. The normalized spacial score (nSPS) is 10.4. The molecule has 0 aliphatic rings. The third-order valence-corrected chi connectivity index (χ3v) is 4.19. The van der Waals surface area contributed by atoms with Crippen LogP contribution in [0.15, 0.2) is 29.6 Å². The Morgan fingerprint density at radius 2 is 2.18 bits per heavy atom. The summed E-state index contributed by atoms with van der Waals surface area (Å²) in [7, 11) is 0. The first-order valence-electron chi connectivity index (χ1n) is 7.10. The Labute approximate surface area is 133 Å². The number of carbonyl (C=O) groups is 2. The fourth-order valence-electron chi connectivity index (χ4n) is 2.02. The van der Waals surface area contributed by atoms with Crippen LogP contribution < -0.4 is 5.32 Å². The van der Waals surface area contributed by atoms with Crippen LogP contribution in [0.5, 0.6) is 0 Å². The van der Waals surface area contributed by atoms with Crippen molar-refractivity contribution in [3.05, 3.63) is 51.5 Å². The lowest BCUT2D eigenvalue weighted by atomic mass is 10.1. The summed E-state index contributed by atoms with van der Waals surface area (Å²) in [5.41, 5.74) is 1.88. The van der Waals surface area contributed by atoms with Crippen molar-refractivity contribution in [2.24, 2.45) is 0 Å². The summed E-state index contributed by atoms with van der Waals surface area (Å²) in [5.74, 6) is -1.11. The Morgan fingerprint density at radius 3 is 2.86 bits per heavy atom. The highest BCUT2D eigenvalue weighted by Gasteiger charge is 2.07. The van der Waals surface area contributed by atoms with Crippen molar-refractivity contribution in [3.63, 3.8) is 0 Å². The molecule has 0 bridgehead atoms. The van der Waals surface area contributed by atoms with Crippen molar-refractivity contribution in [1.82, 2.24) is 10.3 Å². The van der Waals surface area contributed by atoms with Gasteiger partial charge >= 0.3 is 5.97 Å². The molecule has 6 heteroatoms. The second-order valence-corrected chi connectivity index (χ2v) is 5.81. The maximum atomic E-state index is 11.9. The number of hydrogen-bond acceptors (Lipinski definition) is 4. The largest absolute Gasteiger partial charge is 0.478 e. The average molecular weight is 318 g/mol. The molecule has 2 aromatic rings. The van der Waals surface area contributed by atoms with Gasteiger partial charge in [-0.15, -0.1) is 11.3 Å². The van der Waals surface area contributed by atoms with Gasteiger partial charge in [-0.3, -0.25) is 4.79 Å². The number of carboxylic acid groups (broad SMARTS) is 1. The lowest BCUT2D eigenvalue weighted by Crippen LogP contribution is -2.27. The Morgan fingerprint density at radius 1 is 1.36 bits per heavy atom. The molecule has 5 nitrogen and oxygen atoms in total. The number of benzene rings is 1. The first-order chi connectivity index (χ1) is 10.6. The average Bonchev–Trinajstić information content (AvgIpc) is 2.95. The number of carbonyl (C=O) groups excluding carboxylic acids is 1. The van der Waals surface area contributed by atoms with Gasteiger partial charge in [-0.2, -0.15) is 0 Å². The number of aromatic carboxylic acids is 1. The molecule has 0 saturated carbocycles. The zero-order chi connectivity index (χ0) is 15.9. The topological polar surface area (TPSA) is 79.3 Å². The summed E-state index contributed by atoms with van der Waals surface area (Å²) in [6.07, 6.45) is 1.81. The summed E-state index contributed by atoms with van der Waals surface area (Å²) in [4.78, 5) is 27.2. The van der Waals surface area contributed by atoms with Crippen molar-refractivity contribution >= 4 is 23.2 Å². The molecule has 0 aliphatic heterocycles. The van der Waals surface area contributed by atoms with Crippen LogP contribution in [0, 0.1) is 0 Å². The van der Waals surface area contributed by atoms with Crippen molar-refractivity contribution in [2.75, 3.05) is 6.54 Å². The molecule has 1 heterocycles. The van der Waals surface area contributed by atoms with E-state index in [2.05, 4.69) is 17.2 Å². The maximum absolute atomic E-state index is 11.9. The van der Waals surface area contributed by atoms with Gasteiger partial charge in [0.2, 0.25) is 5.91 Å². The highest BCUT2D eigenvalue weighted by Crippen LogP contribution is 2.10. The number of aromatic nitrogens is 1. The minimum Gasteiger partial charge on any atom is -0.478 e. The van der Waals surface area contributed by atoms with Gasteiger partial charge in [0, 0.05) is 18.3 Å². The van der Waals surface area contributed by atoms with E-state index >= 15 is 0 Å². The number of rotatable bonds is 7. The Balaban J connectivity index is 1.80. The van der Waals surface area contributed by atoms with E-state index < -0.39 is 5.97 Å². The molecule has 116 valence electrons. The minimum absolute atomic E-state index is 0.117. The third kappa shape index (κ3) is 4.66. The molecule has 2 N–H and O–H groups in total. The highest BCUT2D eigenvalue weighted by atomic mass is 32.1. The Hall–Kier alpha value is -2.21. The minimum atomic E-state index is -0.988. The molecule has 0 fully saturated rings. The molecule has 0 atom stereocenters. The van der Waals surface area contributed by atoms with Gasteiger partial charge in [0.05, 0.1) is 22.7 Å². The molecular weight excluding hydrogens is 300 g/mol. The molecule has 0 radical (unpaired) electrons. The van der Waals surface area contributed by atoms with E-state index in [0.717, 1.165) is 17.1 Å². The van der Waals surface area contributed by atoms with E-state index in [4.69, 9.17) is 5.11 Å². The van der Waals surface area contributed by atoms with E-state index in [1.54, 1.807) is 23.5 Å². The van der Waals surface area contributed by atoms with Gasteiger partial charge in [0.25, 0.3) is 0 Å². The third-order valence-electron chi connectivity index (χ3n) is 3.14. The molecule has 0 aliphatic carbocycles. The lowest BCUT2D eigenvalue weighted by Gasteiger charge is -2.05. The number of hydrogen-bond donors (Lipinski definition) is 2. The van der Waals surface area contributed by atoms with Crippen LogP contribution in [0.4, 0.5) is 0 Å². The van der Waals surface area contributed by atoms with Crippen LogP contribution >= 0.6 is 11.3 Å². The number of nitrogens with one attached hydrogen (secondary N) is 1. The fourth-order valence-corrected chi connectivity index (χ4v) is 2.80. The Bertz CT molecular complexity index is 667. The molecule has 1 aromatic heterocycles. The smallest absolute Gasteiger partial charge is 0.335 e. The van der Waals surface area contributed by atoms with Crippen LogP contribution in [0.2, 0.25) is 0 Å². The molecule has 22 heavy (non-hydrogen) atoms. The van der Waals surface area contributed by atoms with Gasteiger partial charge in [0.1, 0.15) is 0 Å². The molecule has 0 saturated heterocycles. The van der Waals surface area contributed by atoms with Crippen LogP contribution in [0.3, 0.4) is 0 Å². The van der Waals surface area contributed by atoms with E-state index in [9.17, 15) is 9.59 Å². The highest BCUT2D eigenvalue weighted by molar-refractivity contribution is 7.09. The number of nitrogens with zero attached hydrogens (tertiary/aromatic N) is 1. The van der Waals surface area contributed by atoms with Crippen LogP contribution in [-0.4, -0.2) is 28.5 Å². The van der Waals surface area contributed by atoms with Gasteiger partial charge in [-0.25, -0.2) is 9.78 Å². The molecule has 0 spiro atoms. The quantitative estimate of drug-likeness (QED) is 0.821.